The lowest BCUT2D eigenvalue weighted by atomic mass is 9.92. The lowest BCUT2D eigenvalue weighted by molar-refractivity contribution is 0.0858. The Balaban J connectivity index is 2.02. The lowest BCUT2D eigenvalue weighted by Crippen LogP contribution is -2.36. The Labute approximate surface area is 121 Å². The molecular formula is C17H24FNO. The molecule has 0 radical (unpaired) electrons. The van der Waals surface area contributed by atoms with Crippen LogP contribution in [0.1, 0.15) is 49.4 Å². The summed E-state index contributed by atoms with van der Waals surface area (Å²) >= 11 is 0. The van der Waals surface area contributed by atoms with E-state index in [2.05, 4.69) is 11.8 Å². The fourth-order valence-corrected chi connectivity index (χ4v) is 2.96. The molecular weight excluding hydrogens is 253 g/mol. The van der Waals surface area contributed by atoms with Crippen molar-refractivity contribution in [2.75, 3.05) is 19.6 Å². The Hall–Kier alpha value is -1.22. The van der Waals surface area contributed by atoms with Gasteiger partial charge in [0.05, 0.1) is 0 Å². The number of halogens is 1. The van der Waals surface area contributed by atoms with Gasteiger partial charge in [0, 0.05) is 18.0 Å². The van der Waals surface area contributed by atoms with Crippen molar-refractivity contribution < 1.29 is 9.18 Å². The molecule has 0 aliphatic carbocycles. The minimum absolute atomic E-state index is 0.0450. The van der Waals surface area contributed by atoms with Gasteiger partial charge in [-0.3, -0.25) is 4.79 Å². The predicted octanol–water partition coefficient (Wildman–Crippen LogP) is 3.91. The van der Waals surface area contributed by atoms with Crippen LogP contribution in [0.2, 0.25) is 0 Å². The summed E-state index contributed by atoms with van der Waals surface area (Å²) in [6.07, 6.45) is 5.70. The van der Waals surface area contributed by atoms with E-state index in [9.17, 15) is 9.18 Å². The fourth-order valence-electron chi connectivity index (χ4n) is 2.96. The van der Waals surface area contributed by atoms with Gasteiger partial charge in [-0.1, -0.05) is 19.8 Å². The zero-order valence-electron chi connectivity index (χ0n) is 12.3. The normalized spacial score (nSPS) is 17.9. The van der Waals surface area contributed by atoms with Crippen molar-refractivity contribution in [3.8, 4) is 0 Å². The molecule has 1 heterocycles. The van der Waals surface area contributed by atoms with Crippen LogP contribution in [0.4, 0.5) is 4.39 Å². The minimum Gasteiger partial charge on any atom is -0.303 e. The highest BCUT2D eigenvalue weighted by Gasteiger charge is 2.23. The molecule has 1 aromatic carbocycles. The largest absolute Gasteiger partial charge is 0.303 e. The summed E-state index contributed by atoms with van der Waals surface area (Å²) in [5, 5.41) is 0. The number of rotatable bonds is 6. The van der Waals surface area contributed by atoms with Crippen molar-refractivity contribution >= 4 is 5.78 Å². The molecule has 1 fully saturated rings. The monoisotopic (exact) mass is 277 g/mol. The lowest BCUT2D eigenvalue weighted by Gasteiger charge is -2.29. The molecule has 2 nitrogen and oxygen atoms in total. The van der Waals surface area contributed by atoms with Gasteiger partial charge in [-0.05, 0) is 56.6 Å². The third-order valence-electron chi connectivity index (χ3n) is 4.06. The first-order chi connectivity index (χ1) is 9.70. The third-order valence-corrected chi connectivity index (χ3v) is 4.06. The number of hydrogen-bond donors (Lipinski definition) is 0. The van der Waals surface area contributed by atoms with Gasteiger partial charge in [0.1, 0.15) is 5.82 Å². The van der Waals surface area contributed by atoms with E-state index >= 15 is 0 Å². The second-order valence-electron chi connectivity index (χ2n) is 5.72. The quantitative estimate of drug-likeness (QED) is 0.735. The van der Waals surface area contributed by atoms with Crippen molar-refractivity contribution in [1.29, 1.82) is 0 Å². The SMILES string of the molecule is CCCC(CN1CCCCC1)C(=O)c1ccc(F)cc1. The number of carbonyl (C=O) groups is 1. The second-order valence-corrected chi connectivity index (χ2v) is 5.72. The first kappa shape index (κ1) is 15.2. The Morgan fingerprint density at radius 1 is 1.20 bits per heavy atom. The summed E-state index contributed by atoms with van der Waals surface area (Å²) < 4.78 is 13.0. The topological polar surface area (TPSA) is 20.3 Å². The molecule has 0 N–H and O–H groups in total. The first-order valence-corrected chi connectivity index (χ1v) is 7.73. The van der Waals surface area contributed by atoms with Crippen LogP contribution in [0.15, 0.2) is 24.3 Å². The summed E-state index contributed by atoms with van der Waals surface area (Å²) in [5.74, 6) is -0.0781. The molecule has 0 bridgehead atoms. The standard InChI is InChI=1S/C17H24FNO/c1-2-6-15(13-19-11-4-3-5-12-19)17(20)14-7-9-16(18)10-8-14/h7-10,15H,2-6,11-13H2,1H3. The third kappa shape index (κ3) is 4.14. The van der Waals surface area contributed by atoms with Crippen molar-refractivity contribution in [1.82, 2.24) is 4.90 Å². The molecule has 1 aliphatic heterocycles. The van der Waals surface area contributed by atoms with Gasteiger partial charge in [0.25, 0.3) is 0 Å². The fraction of sp³-hybridized carbons (Fsp3) is 0.588. The van der Waals surface area contributed by atoms with Crippen LogP contribution in [-0.2, 0) is 0 Å². The molecule has 0 aromatic heterocycles. The average molecular weight is 277 g/mol. The van der Waals surface area contributed by atoms with E-state index < -0.39 is 0 Å². The molecule has 2 rings (SSSR count). The van der Waals surface area contributed by atoms with Crippen molar-refractivity contribution in [2.45, 2.75) is 39.0 Å². The van der Waals surface area contributed by atoms with Gasteiger partial charge >= 0.3 is 0 Å². The molecule has 1 aromatic rings. The first-order valence-electron chi connectivity index (χ1n) is 7.73. The predicted molar refractivity (Wildman–Crippen MR) is 79.4 cm³/mol. The Kier molecular flexibility index (Phi) is 5.72. The maximum Gasteiger partial charge on any atom is 0.167 e. The summed E-state index contributed by atoms with van der Waals surface area (Å²) in [4.78, 5) is 15.0. The van der Waals surface area contributed by atoms with Crippen LogP contribution in [0.5, 0.6) is 0 Å². The summed E-state index contributed by atoms with van der Waals surface area (Å²) in [6.45, 7) is 5.18. The van der Waals surface area contributed by atoms with Crippen molar-refractivity contribution in [3.63, 3.8) is 0 Å². The van der Waals surface area contributed by atoms with Gasteiger partial charge in [0.2, 0.25) is 0 Å². The van der Waals surface area contributed by atoms with Crippen LogP contribution in [0.25, 0.3) is 0 Å². The average Bonchev–Trinajstić information content (AvgIpc) is 2.48. The Morgan fingerprint density at radius 3 is 2.45 bits per heavy atom. The zero-order valence-corrected chi connectivity index (χ0v) is 12.3. The van der Waals surface area contributed by atoms with E-state index in [1.54, 1.807) is 12.1 Å². The number of carbonyl (C=O) groups excluding carboxylic acids is 1. The van der Waals surface area contributed by atoms with Gasteiger partial charge in [-0.15, -0.1) is 0 Å². The molecule has 1 saturated heterocycles. The van der Waals surface area contributed by atoms with E-state index in [1.807, 2.05) is 0 Å². The summed E-state index contributed by atoms with van der Waals surface area (Å²) in [6, 6.07) is 5.96. The molecule has 1 aliphatic rings. The molecule has 0 spiro atoms. The number of likely N-dealkylation sites (tertiary alicyclic amines) is 1. The maximum absolute atomic E-state index is 13.0. The number of hydrogen-bond acceptors (Lipinski definition) is 2. The number of piperidine rings is 1. The summed E-state index contributed by atoms with van der Waals surface area (Å²) in [7, 11) is 0. The van der Waals surface area contributed by atoms with E-state index in [4.69, 9.17) is 0 Å². The van der Waals surface area contributed by atoms with Gasteiger partial charge in [-0.2, -0.15) is 0 Å². The highest BCUT2D eigenvalue weighted by Crippen LogP contribution is 2.19. The Morgan fingerprint density at radius 2 is 1.85 bits per heavy atom. The van der Waals surface area contributed by atoms with Crippen LogP contribution >= 0.6 is 0 Å². The minimum atomic E-state index is -0.287. The van der Waals surface area contributed by atoms with E-state index in [-0.39, 0.29) is 17.5 Å². The van der Waals surface area contributed by atoms with E-state index in [1.165, 1.54) is 31.4 Å². The van der Waals surface area contributed by atoms with Crippen LogP contribution < -0.4 is 0 Å². The number of nitrogens with zero attached hydrogens (tertiary/aromatic N) is 1. The smallest absolute Gasteiger partial charge is 0.167 e. The van der Waals surface area contributed by atoms with Crippen molar-refractivity contribution in [2.24, 2.45) is 5.92 Å². The zero-order chi connectivity index (χ0) is 14.4. The summed E-state index contributed by atoms with van der Waals surface area (Å²) in [5.41, 5.74) is 0.641. The second kappa shape index (κ2) is 7.53. The Bertz CT molecular complexity index is 423. The van der Waals surface area contributed by atoms with E-state index in [0.29, 0.717) is 5.56 Å². The molecule has 1 atom stereocenters. The van der Waals surface area contributed by atoms with Crippen LogP contribution in [-0.4, -0.2) is 30.3 Å². The highest BCUT2D eigenvalue weighted by atomic mass is 19.1. The number of benzene rings is 1. The number of ketones is 1. The highest BCUT2D eigenvalue weighted by molar-refractivity contribution is 5.97. The van der Waals surface area contributed by atoms with E-state index in [0.717, 1.165) is 32.5 Å². The van der Waals surface area contributed by atoms with Crippen LogP contribution in [0.3, 0.4) is 0 Å². The van der Waals surface area contributed by atoms with Crippen LogP contribution in [0, 0.1) is 11.7 Å². The molecule has 0 amide bonds. The molecule has 110 valence electrons. The van der Waals surface area contributed by atoms with Gasteiger partial charge in [-0.25, -0.2) is 4.39 Å². The maximum atomic E-state index is 13.0. The van der Waals surface area contributed by atoms with Gasteiger partial charge in [0.15, 0.2) is 5.78 Å². The molecule has 1 unspecified atom stereocenters. The van der Waals surface area contributed by atoms with Gasteiger partial charge < -0.3 is 4.90 Å². The number of Topliss-reactive ketones (excluding diaryl/α,β-unsaturated/α-hetero) is 1. The molecule has 0 saturated carbocycles. The van der Waals surface area contributed by atoms with Crippen molar-refractivity contribution in [3.05, 3.63) is 35.6 Å². The molecule has 20 heavy (non-hydrogen) atoms. The molecule has 3 heteroatoms.